The summed E-state index contributed by atoms with van der Waals surface area (Å²) >= 11 is 0. The number of anilines is 2. The number of rotatable bonds is 4. The molecule has 0 unspecified atom stereocenters. The van der Waals surface area contributed by atoms with E-state index in [0.717, 1.165) is 13.1 Å². The Kier molecular flexibility index (Phi) is 3.32. The maximum absolute atomic E-state index is 5.57. The highest BCUT2D eigenvalue weighted by Gasteiger charge is 2.01. The summed E-state index contributed by atoms with van der Waals surface area (Å²) in [4.78, 5) is 2.21. The first kappa shape index (κ1) is 11.5. The van der Waals surface area contributed by atoms with Crippen LogP contribution in [0.4, 0.5) is 11.5 Å². The Morgan fingerprint density at radius 2 is 2.18 bits per heavy atom. The molecule has 0 aliphatic carbocycles. The lowest BCUT2D eigenvalue weighted by atomic mass is 10.2. The summed E-state index contributed by atoms with van der Waals surface area (Å²) in [6.07, 6.45) is 1.90. The van der Waals surface area contributed by atoms with Gasteiger partial charge in [-0.05, 0) is 30.7 Å². The highest BCUT2D eigenvalue weighted by Crippen LogP contribution is 2.13. The molecule has 0 spiro atoms. The Morgan fingerprint density at radius 3 is 2.82 bits per heavy atom. The van der Waals surface area contributed by atoms with Gasteiger partial charge in [0.05, 0.1) is 6.54 Å². The molecule has 2 rings (SSSR count). The van der Waals surface area contributed by atoms with Gasteiger partial charge in [0.15, 0.2) is 0 Å². The van der Waals surface area contributed by atoms with Crippen molar-refractivity contribution >= 4 is 11.5 Å². The van der Waals surface area contributed by atoms with E-state index < -0.39 is 0 Å². The number of nitrogens with two attached hydrogens (primary N) is 1. The second kappa shape index (κ2) is 4.91. The summed E-state index contributed by atoms with van der Waals surface area (Å²) in [6, 6.07) is 10.3. The number of hydrogen-bond acceptors (Lipinski definition) is 3. The topological polar surface area (TPSA) is 47.1 Å². The average Bonchev–Trinajstić information content (AvgIpc) is 2.72. The zero-order valence-electron chi connectivity index (χ0n) is 10.3. The molecule has 4 nitrogen and oxygen atoms in total. The molecule has 1 aromatic carbocycles. The fourth-order valence-corrected chi connectivity index (χ4v) is 1.75. The van der Waals surface area contributed by atoms with Crippen LogP contribution in [0, 0.1) is 6.92 Å². The molecule has 0 bridgehead atoms. The van der Waals surface area contributed by atoms with Crippen LogP contribution in [-0.2, 0) is 6.54 Å². The summed E-state index contributed by atoms with van der Waals surface area (Å²) in [5.41, 5.74) is 8.07. The first-order chi connectivity index (χ1) is 8.15. The summed E-state index contributed by atoms with van der Waals surface area (Å²) in [7, 11) is 2.08. The zero-order valence-corrected chi connectivity index (χ0v) is 10.3. The number of aromatic nitrogens is 2. The third-order valence-electron chi connectivity index (χ3n) is 2.77. The standard InChI is InChI=1S/C13H18N4/c1-11-4-3-5-12(10-11)16(2)8-9-17-7-6-13(14)15-17/h3-7,10H,8-9H2,1-2H3,(H2,14,15). The highest BCUT2D eigenvalue weighted by atomic mass is 15.3. The van der Waals surface area contributed by atoms with Crippen LogP contribution in [0.1, 0.15) is 5.56 Å². The summed E-state index contributed by atoms with van der Waals surface area (Å²) in [5, 5.41) is 4.16. The Hall–Kier alpha value is -1.97. The number of nitrogens with zero attached hydrogens (tertiary/aromatic N) is 3. The molecular weight excluding hydrogens is 212 g/mol. The van der Waals surface area contributed by atoms with E-state index in [2.05, 4.69) is 48.2 Å². The third kappa shape index (κ3) is 3.00. The van der Waals surface area contributed by atoms with Crippen molar-refractivity contribution in [1.29, 1.82) is 0 Å². The lowest BCUT2D eigenvalue weighted by Crippen LogP contribution is -2.22. The van der Waals surface area contributed by atoms with Crippen LogP contribution in [-0.4, -0.2) is 23.4 Å². The van der Waals surface area contributed by atoms with Crippen molar-refractivity contribution in [2.45, 2.75) is 13.5 Å². The fraction of sp³-hybridized carbons (Fsp3) is 0.308. The summed E-state index contributed by atoms with van der Waals surface area (Å²) < 4.78 is 1.86. The smallest absolute Gasteiger partial charge is 0.145 e. The van der Waals surface area contributed by atoms with Gasteiger partial charge in [-0.25, -0.2) is 0 Å². The summed E-state index contributed by atoms with van der Waals surface area (Å²) in [6.45, 7) is 3.84. The van der Waals surface area contributed by atoms with Crippen molar-refractivity contribution in [1.82, 2.24) is 9.78 Å². The van der Waals surface area contributed by atoms with Gasteiger partial charge in [0, 0.05) is 25.5 Å². The molecule has 2 aromatic rings. The number of nitrogen functional groups attached to an aromatic ring is 1. The molecule has 0 saturated heterocycles. The molecule has 1 aromatic heterocycles. The first-order valence-corrected chi connectivity index (χ1v) is 5.72. The van der Waals surface area contributed by atoms with Gasteiger partial charge >= 0.3 is 0 Å². The molecule has 0 aliphatic rings. The number of benzene rings is 1. The van der Waals surface area contributed by atoms with E-state index in [-0.39, 0.29) is 0 Å². The van der Waals surface area contributed by atoms with Crippen molar-refractivity contribution < 1.29 is 0 Å². The van der Waals surface area contributed by atoms with Crippen molar-refractivity contribution in [2.75, 3.05) is 24.2 Å². The van der Waals surface area contributed by atoms with E-state index in [1.807, 2.05) is 16.9 Å². The van der Waals surface area contributed by atoms with Crippen LogP contribution in [0.2, 0.25) is 0 Å². The van der Waals surface area contributed by atoms with Crippen molar-refractivity contribution in [3.63, 3.8) is 0 Å². The monoisotopic (exact) mass is 230 g/mol. The van der Waals surface area contributed by atoms with Crippen LogP contribution >= 0.6 is 0 Å². The van der Waals surface area contributed by atoms with Gasteiger partial charge in [-0.2, -0.15) is 5.10 Å². The molecule has 0 amide bonds. The van der Waals surface area contributed by atoms with Gasteiger partial charge in [-0.1, -0.05) is 12.1 Å². The van der Waals surface area contributed by atoms with Gasteiger partial charge in [-0.15, -0.1) is 0 Å². The van der Waals surface area contributed by atoms with Crippen LogP contribution in [0.15, 0.2) is 36.5 Å². The largest absolute Gasteiger partial charge is 0.382 e. The molecule has 0 fully saturated rings. The SMILES string of the molecule is Cc1cccc(N(C)CCn2ccc(N)n2)c1. The van der Waals surface area contributed by atoms with E-state index in [4.69, 9.17) is 5.73 Å². The molecule has 1 heterocycles. The Labute approximate surface area is 102 Å². The van der Waals surface area contributed by atoms with Crippen LogP contribution in [0.25, 0.3) is 0 Å². The van der Waals surface area contributed by atoms with Gasteiger partial charge in [0.1, 0.15) is 5.82 Å². The molecule has 4 heteroatoms. The van der Waals surface area contributed by atoms with E-state index >= 15 is 0 Å². The molecule has 0 aliphatic heterocycles. The second-order valence-corrected chi connectivity index (χ2v) is 4.26. The van der Waals surface area contributed by atoms with Gasteiger partial charge in [0.2, 0.25) is 0 Å². The van der Waals surface area contributed by atoms with E-state index in [1.54, 1.807) is 0 Å². The molecule has 0 radical (unpaired) electrons. The fourth-order valence-electron chi connectivity index (χ4n) is 1.75. The Bertz CT molecular complexity index is 490. The average molecular weight is 230 g/mol. The minimum atomic E-state index is 0.572. The minimum Gasteiger partial charge on any atom is -0.382 e. The highest BCUT2D eigenvalue weighted by molar-refractivity contribution is 5.47. The van der Waals surface area contributed by atoms with E-state index in [0.29, 0.717) is 5.82 Å². The van der Waals surface area contributed by atoms with Gasteiger partial charge in [0.25, 0.3) is 0 Å². The van der Waals surface area contributed by atoms with Crippen LogP contribution < -0.4 is 10.6 Å². The Morgan fingerprint density at radius 1 is 1.35 bits per heavy atom. The minimum absolute atomic E-state index is 0.572. The van der Waals surface area contributed by atoms with E-state index in [9.17, 15) is 0 Å². The normalized spacial score (nSPS) is 10.5. The lowest BCUT2D eigenvalue weighted by molar-refractivity contribution is 0.614. The molecule has 0 saturated carbocycles. The molecule has 17 heavy (non-hydrogen) atoms. The lowest BCUT2D eigenvalue weighted by Gasteiger charge is -2.19. The molecule has 90 valence electrons. The summed E-state index contributed by atoms with van der Waals surface area (Å²) in [5.74, 6) is 0.572. The predicted molar refractivity (Wildman–Crippen MR) is 71.1 cm³/mol. The van der Waals surface area contributed by atoms with Crippen LogP contribution in [0.5, 0.6) is 0 Å². The van der Waals surface area contributed by atoms with Crippen LogP contribution in [0.3, 0.4) is 0 Å². The number of hydrogen-bond donors (Lipinski definition) is 1. The first-order valence-electron chi connectivity index (χ1n) is 5.72. The molecule has 2 N–H and O–H groups in total. The van der Waals surface area contributed by atoms with Gasteiger partial charge < -0.3 is 10.6 Å². The second-order valence-electron chi connectivity index (χ2n) is 4.26. The maximum Gasteiger partial charge on any atom is 0.145 e. The van der Waals surface area contributed by atoms with Crippen molar-refractivity contribution in [3.05, 3.63) is 42.1 Å². The number of likely N-dealkylation sites (N-methyl/N-ethyl adjacent to an activating group) is 1. The zero-order chi connectivity index (χ0) is 12.3. The number of aryl methyl sites for hydroxylation is 1. The third-order valence-corrected chi connectivity index (χ3v) is 2.77. The quantitative estimate of drug-likeness (QED) is 0.872. The Balaban J connectivity index is 1.95. The maximum atomic E-state index is 5.57. The molecular formula is C13H18N4. The molecule has 0 atom stereocenters. The van der Waals surface area contributed by atoms with Crippen molar-refractivity contribution in [2.24, 2.45) is 0 Å². The van der Waals surface area contributed by atoms with E-state index in [1.165, 1.54) is 11.3 Å². The van der Waals surface area contributed by atoms with Crippen molar-refractivity contribution in [3.8, 4) is 0 Å². The van der Waals surface area contributed by atoms with Gasteiger partial charge in [-0.3, -0.25) is 4.68 Å². The predicted octanol–water partition coefficient (Wildman–Crippen LogP) is 1.91.